The van der Waals surface area contributed by atoms with Crippen molar-refractivity contribution < 1.29 is 17.9 Å². The minimum absolute atomic E-state index is 0.0673. The van der Waals surface area contributed by atoms with Gasteiger partial charge in [0.05, 0.1) is 5.75 Å². The van der Waals surface area contributed by atoms with Crippen molar-refractivity contribution in [1.29, 1.82) is 0 Å². The first kappa shape index (κ1) is 17.9. The Kier molecular flexibility index (Phi) is 5.89. The van der Waals surface area contributed by atoms with Gasteiger partial charge in [-0.1, -0.05) is 49.0 Å². The van der Waals surface area contributed by atoms with Crippen LogP contribution in [0.25, 0.3) is 0 Å². The Bertz CT molecular complexity index is 812. The summed E-state index contributed by atoms with van der Waals surface area (Å²) in [4.78, 5) is 11.4. The molecular formula is C18H19NO4S. The molecule has 0 spiro atoms. The summed E-state index contributed by atoms with van der Waals surface area (Å²) in [6, 6.07) is 15.6. The van der Waals surface area contributed by atoms with E-state index in [1.54, 1.807) is 55.5 Å². The Morgan fingerprint density at radius 3 is 2.25 bits per heavy atom. The van der Waals surface area contributed by atoms with Crippen molar-refractivity contribution >= 4 is 16.0 Å². The standard InChI is InChI=1S/C18H19NO4S/c1-14(2)18(20)23-17-10-8-15(9-11-17)12-19-24(21,22)13-16-6-4-3-5-7-16/h3-11,19H,1,12-13H2,2H3. The molecule has 0 saturated heterocycles. The van der Waals surface area contributed by atoms with Crippen LogP contribution < -0.4 is 9.46 Å². The van der Waals surface area contributed by atoms with E-state index >= 15 is 0 Å². The molecule has 0 aromatic heterocycles. The van der Waals surface area contributed by atoms with E-state index in [-0.39, 0.29) is 12.3 Å². The number of esters is 1. The van der Waals surface area contributed by atoms with Crippen LogP contribution in [-0.2, 0) is 27.1 Å². The third-order valence-corrected chi connectivity index (χ3v) is 4.48. The molecule has 0 unspecified atom stereocenters. The molecule has 0 aliphatic rings. The average Bonchev–Trinajstić information content (AvgIpc) is 2.54. The SMILES string of the molecule is C=C(C)C(=O)Oc1ccc(CNS(=O)(=O)Cc2ccccc2)cc1. The number of carbonyl (C=O) groups excluding carboxylic acids is 1. The van der Waals surface area contributed by atoms with Gasteiger partial charge in [-0.3, -0.25) is 0 Å². The molecule has 0 fully saturated rings. The van der Waals surface area contributed by atoms with E-state index in [9.17, 15) is 13.2 Å². The van der Waals surface area contributed by atoms with Gasteiger partial charge < -0.3 is 4.74 Å². The number of hydrogen-bond donors (Lipinski definition) is 1. The lowest BCUT2D eigenvalue weighted by atomic mass is 10.2. The maximum atomic E-state index is 12.1. The zero-order valence-corrected chi connectivity index (χ0v) is 14.2. The van der Waals surface area contributed by atoms with E-state index in [0.717, 1.165) is 11.1 Å². The first-order valence-electron chi connectivity index (χ1n) is 7.33. The van der Waals surface area contributed by atoms with Crippen molar-refractivity contribution in [1.82, 2.24) is 4.72 Å². The third-order valence-electron chi connectivity index (χ3n) is 3.18. The molecule has 24 heavy (non-hydrogen) atoms. The molecular weight excluding hydrogens is 326 g/mol. The fourth-order valence-electron chi connectivity index (χ4n) is 1.91. The number of sulfonamides is 1. The van der Waals surface area contributed by atoms with E-state index in [1.165, 1.54) is 0 Å². The van der Waals surface area contributed by atoms with Crippen molar-refractivity contribution in [2.75, 3.05) is 0 Å². The second-order valence-corrected chi connectivity index (χ2v) is 7.19. The molecule has 2 aromatic carbocycles. The summed E-state index contributed by atoms with van der Waals surface area (Å²) in [5.74, 6) is -0.174. The van der Waals surface area contributed by atoms with E-state index in [1.807, 2.05) is 6.07 Å². The Morgan fingerprint density at radius 1 is 1.04 bits per heavy atom. The fraction of sp³-hybridized carbons (Fsp3) is 0.167. The average molecular weight is 345 g/mol. The van der Waals surface area contributed by atoms with Crippen LogP contribution >= 0.6 is 0 Å². The summed E-state index contributed by atoms with van der Waals surface area (Å²) in [5, 5.41) is 0. The number of nitrogens with one attached hydrogen (secondary N) is 1. The number of benzene rings is 2. The lowest BCUT2D eigenvalue weighted by molar-refractivity contribution is -0.130. The van der Waals surface area contributed by atoms with Crippen molar-refractivity contribution in [3.8, 4) is 5.75 Å². The molecule has 0 atom stereocenters. The molecule has 5 nitrogen and oxygen atoms in total. The van der Waals surface area contributed by atoms with Gasteiger partial charge in [-0.05, 0) is 30.2 Å². The Morgan fingerprint density at radius 2 is 1.67 bits per heavy atom. The maximum absolute atomic E-state index is 12.1. The molecule has 0 aliphatic carbocycles. The maximum Gasteiger partial charge on any atom is 0.338 e. The van der Waals surface area contributed by atoms with Gasteiger partial charge in [0.1, 0.15) is 5.75 Å². The quantitative estimate of drug-likeness (QED) is 0.476. The van der Waals surface area contributed by atoms with Crippen LogP contribution in [0.3, 0.4) is 0 Å². The monoisotopic (exact) mass is 345 g/mol. The van der Waals surface area contributed by atoms with E-state index in [4.69, 9.17) is 4.74 Å². The van der Waals surface area contributed by atoms with Gasteiger partial charge in [-0.25, -0.2) is 17.9 Å². The molecule has 126 valence electrons. The van der Waals surface area contributed by atoms with Gasteiger partial charge in [0, 0.05) is 12.1 Å². The largest absolute Gasteiger partial charge is 0.423 e. The molecule has 0 saturated carbocycles. The zero-order valence-electron chi connectivity index (χ0n) is 13.4. The molecule has 2 aromatic rings. The van der Waals surface area contributed by atoms with Crippen molar-refractivity contribution in [3.05, 3.63) is 77.9 Å². The van der Waals surface area contributed by atoms with Crippen LogP contribution in [0.4, 0.5) is 0 Å². The highest BCUT2D eigenvalue weighted by atomic mass is 32.2. The predicted octanol–water partition coefficient (Wildman–Crippen LogP) is 2.79. The first-order valence-corrected chi connectivity index (χ1v) is 8.99. The van der Waals surface area contributed by atoms with E-state index < -0.39 is 16.0 Å². The van der Waals surface area contributed by atoms with Gasteiger partial charge in [0.15, 0.2) is 0 Å². The topological polar surface area (TPSA) is 72.5 Å². The molecule has 0 amide bonds. The Hall–Kier alpha value is -2.44. The third kappa shape index (κ3) is 5.64. The van der Waals surface area contributed by atoms with E-state index in [0.29, 0.717) is 11.3 Å². The highest BCUT2D eigenvalue weighted by Crippen LogP contribution is 2.14. The van der Waals surface area contributed by atoms with Crippen molar-refractivity contribution in [2.45, 2.75) is 19.2 Å². The molecule has 2 rings (SSSR count). The normalized spacial score (nSPS) is 11.0. The minimum atomic E-state index is -3.42. The van der Waals surface area contributed by atoms with Gasteiger partial charge in [-0.15, -0.1) is 0 Å². The van der Waals surface area contributed by atoms with Crippen LogP contribution in [0.2, 0.25) is 0 Å². The first-order chi connectivity index (χ1) is 11.4. The minimum Gasteiger partial charge on any atom is -0.423 e. The summed E-state index contributed by atoms with van der Waals surface area (Å²) in [5.41, 5.74) is 1.81. The summed E-state index contributed by atoms with van der Waals surface area (Å²) in [6.07, 6.45) is 0. The zero-order chi connectivity index (χ0) is 17.6. The van der Waals surface area contributed by atoms with Crippen LogP contribution in [-0.4, -0.2) is 14.4 Å². The van der Waals surface area contributed by atoms with Gasteiger partial charge in [0.2, 0.25) is 10.0 Å². The lowest BCUT2D eigenvalue weighted by Crippen LogP contribution is -2.24. The number of hydrogen-bond acceptors (Lipinski definition) is 4. The summed E-state index contributed by atoms with van der Waals surface area (Å²) in [6.45, 7) is 5.25. The lowest BCUT2D eigenvalue weighted by Gasteiger charge is -2.08. The van der Waals surface area contributed by atoms with Crippen molar-refractivity contribution in [2.24, 2.45) is 0 Å². The smallest absolute Gasteiger partial charge is 0.338 e. The Labute approximate surface area is 142 Å². The van der Waals surface area contributed by atoms with Crippen LogP contribution in [0, 0.1) is 0 Å². The summed E-state index contributed by atoms with van der Waals surface area (Å²) in [7, 11) is -3.42. The number of carbonyl (C=O) groups is 1. The highest BCUT2D eigenvalue weighted by molar-refractivity contribution is 7.88. The highest BCUT2D eigenvalue weighted by Gasteiger charge is 2.11. The molecule has 0 heterocycles. The second-order valence-electron chi connectivity index (χ2n) is 5.38. The number of rotatable bonds is 7. The predicted molar refractivity (Wildman–Crippen MR) is 92.8 cm³/mol. The summed E-state index contributed by atoms with van der Waals surface area (Å²) < 4.78 is 31.8. The van der Waals surface area contributed by atoms with Crippen molar-refractivity contribution in [3.63, 3.8) is 0 Å². The molecule has 6 heteroatoms. The van der Waals surface area contributed by atoms with Gasteiger partial charge in [-0.2, -0.15) is 0 Å². The second kappa shape index (κ2) is 7.90. The van der Waals surface area contributed by atoms with Crippen LogP contribution in [0.15, 0.2) is 66.7 Å². The Balaban J connectivity index is 1.92. The number of ether oxygens (including phenoxy) is 1. The van der Waals surface area contributed by atoms with Crippen LogP contribution in [0.1, 0.15) is 18.1 Å². The summed E-state index contributed by atoms with van der Waals surface area (Å²) >= 11 is 0. The van der Waals surface area contributed by atoms with Gasteiger partial charge >= 0.3 is 5.97 Å². The molecule has 0 radical (unpaired) electrons. The van der Waals surface area contributed by atoms with Crippen LogP contribution in [0.5, 0.6) is 5.75 Å². The van der Waals surface area contributed by atoms with Gasteiger partial charge in [0.25, 0.3) is 0 Å². The van der Waals surface area contributed by atoms with E-state index in [2.05, 4.69) is 11.3 Å². The molecule has 1 N–H and O–H groups in total. The molecule has 0 bridgehead atoms. The fourth-order valence-corrected chi connectivity index (χ4v) is 3.03. The molecule has 0 aliphatic heterocycles.